The topological polar surface area (TPSA) is 55.1 Å². The van der Waals surface area contributed by atoms with Crippen molar-refractivity contribution in [3.63, 3.8) is 0 Å². The van der Waals surface area contributed by atoms with Crippen molar-refractivity contribution in [1.82, 2.24) is 19.8 Å². The average molecular weight is 287 g/mol. The largest absolute Gasteiger partial charge is 0.453 e. The summed E-state index contributed by atoms with van der Waals surface area (Å²) in [7, 11) is 0. The number of anilines is 1. The van der Waals surface area contributed by atoms with E-state index in [0.29, 0.717) is 17.9 Å². The van der Waals surface area contributed by atoms with E-state index in [4.69, 9.17) is 0 Å². The maximum absolute atomic E-state index is 12.8. The van der Waals surface area contributed by atoms with Gasteiger partial charge in [0.25, 0.3) is 5.82 Å². The summed E-state index contributed by atoms with van der Waals surface area (Å²) in [6.07, 6.45) is -2.66. The van der Waals surface area contributed by atoms with Gasteiger partial charge in [0, 0.05) is 12.1 Å². The molecule has 110 valence electrons. The van der Waals surface area contributed by atoms with Crippen LogP contribution in [0, 0.1) is 13.8 Å². The molecule has 0 saturated heterocycles. The normalized spacial score (nSPS) is 12.1. The van der Waals surface area contributed by atoms with Crippen LogP contribution >= 0.6 is 0 Å². The zero-order valence-corrected chi connectivity index (χ0v) is 11.5. The molecular formula is C12H16F3N5. The summed E-state index contributed by atoms with van der Waals surface area (Å²) < 4.78 is 39.3. The van der Waals surface area contributed by atoms with Crippen LogP contribution < -0.4 is 5.32 Å². The molecule has 5 nitrogen and oxygen atoms in total. The number of nitrogens with one attached hydrogen (secondary N) is 1. The predicted octanol–water partition coefficient (Wildman–Crippen LogP) is 2.97. The highest BCUT2D eigenvalue weighted by atomic mass is 19.4. The Kier molecular flexibility index (Phi) is 3.82. The standard InChI is InChI=1S/C12H16F3N5/c1-4-5-6-16-9-7(2)8(3)10-17-18-11(12(13,14)15)20(10)19-9/h4-6H2,1-3H3,(H,16,19). The van der Waals surface area contributed by atoms with Crippen molar-refractivity contribution in [1.29, 1.82) is 0 Å². The molecule has 2 aromatic heterocycles. The zero-order valence-electron chi connectivity index (χ0n) is 11.5. The van der Waals surface area contributed by atoms with E-state index in [1.807, 2.05) is 6.92 Å². The Bertz CT molecular complexity index is 618. The first-order valence-electron chi connectivity index (χ1n) is 6.40. The average Bonchev–Trinajstić information content (AvgIpc) is 2.79. The van der Waals surface area contributed by atoms with Crippen LogP contribution in [0.3, 0.4) is 0 Å². The lowest BCUT2D eigenvalue weighted by atomic mass is 10.2. The fourth-order valence-electron chi connectivity index (χ4n) is 1.86. The van der Waals surface area contributed by atoms with Crippen molar-refractivity contribution in [2.24, 2.45) is 0 Å². The highest BCUT2D eigenvalue weighted by Crippen LogP contribution is 2.29. The van der Waals surface area contributed by atoms with Crippen LogP contribution in [0.15, 0.2) is 0 Å². The Labute approximate surface area is 114 Å². The summed E-state index contributed by atoms with van der Waals surface area (Å²) in [5.74, 6) is -0.664. The number of fused-ring (bicyclic) bond motifs is 1. The third kappa shape index (κ3) is 2.54. The molecule has 2 rings (SSSR count). The summed E-state index contributed by atoms with van der Waals surface area (Å²) >= 11 is 0. The molecular weight excluding hydrogens is 271 g/mol. The van der Waals surface area contributed by atoms with E-state index in [0.717, 1.165) is 22.9 Å². The van der Waals surface area contributed by atoms with Crippen molar-refractivity contribution < 1.29 is 13.2 Å². The molecule has 0 amide bonds. The molecule has 0 aliphatic heterocycles. The monoisotopic (exact) mass is 287 g/mol. The van der Waals surface area contributed by atoms with Gasteiger partial charge >= 0.3 is 6.18 Å². The quantitative estimate of drug-likeness (QED) is 0.878. The molecule has 20 heavy (non-hydrogen) atoms. The molecule has 2 aromatic rings. The minimum absolute atomic E-state index is 0.135. The van der Waals surface area contributed by atoms with Crippen molar-refractivity contribution in [3.05, 3.63) is 17.0 Å². The molecule has 0 atom stereocenters. The second-order valence-corrected chi connectivity index (χ2v) is 4.64. The van der Waals surface area contributed by atoms with E-state index in [1.165, 1.54) is 0 Å². The van der Waals surface area contributed by atoms with Crippen LogP contribution in [0.2, 0.25) is 0 Å². The first kappa shape index (κ1) is 14.5. The summed E-state index contributed by atoms with van der Waals surface area (Å²) in [6.45, 7) is 6.22. The molecule has 0 aromatic carbocycles. The fourth-order valence-corrected chi connectivity index (χ4v) is 1.86. The molecule has 0 aliphatic carbocycles. The van der Waals surface area contributed by atoms with Crippen molar-refractivity contribution >= 4 is 11.5 Å². The number of hydrogen-bond acceptors (Lipinski definition) is 4. The Morgan fingerprint density at radius 2 is 1.85 bits per heavy atom. The van der Waals surface area contributed by atoms with Crippen molar-refractivity contribution in [2.75, 3.05) is 11.9 Å². The van der Waals surface area contributed by atoms with Gasteiger partial charge in [0.2, 0.25) is 0 Å². The van der Waals surface area contributed by atoms with Gasteiger partial charge in [0.1, 0.15) is 5.82 Å². The maximum Gasteiger partial charge on any atom is 0.453 e. The van der Waals surface area contributed by atoms with Gasteiger partial charge in [-0.1, -0.05) is 13.3 Å². The van der Waals surface area contributed by atoms with Crippen LogP contribution in [-0.2, 0) is 6.18 Å². The highest BCUT2D eigenvalue weighted by Gasteiger charge is 2.38. The second-order valence-electron chi connectivity index (χ2n) is 4.64. The third-order valence-electron chi connectivity index (χ3n) is 3.17. The summed E-state index contributed by atoms with van der Waals surface area (Å²) in [5, 5.41) is 13.8. The summed E-state index contributed by atoms with van der Waals surface area (Å²) in [6, 6.07) is 0. The molecule has 0 spiro atoms. The number of hydrogen-bond donors (Lipinski definition) is 1. The Morgan fingerprint density at radius 1 is 1.15 bits per heavy atom. The molecule has 0 unspecified atom stereocenters. The fraction of sp³-hybridized carbons (Fsp3) is 0.583. The van der Waals surface area contributed by atoms with Gasteiger partial charge in [-0.3, -0.25) is 0 Å². The van der Waals surface area contributed by atoms with E-state index in [9.17, 15) is 13.2 Å². The Hall–Kier alpha value is -1.86. The Morgan fingerprint density at radius 3 is 2.45 bits per heavy atom. The van der Waals surface area contributed by atoms with E-state index in [1.54, 1.807) is 13.8 Å². The van der Waals surface area contributed by atoms with Crippen LogP contribution in [-0.4, -0.2) is 26.4 Å². The first-order valence-corrected chi connectivity index (χ1v) is 6.40. The van der Waals surface area contributed by atoms with E-state index in [2.05, 4.69) is 20.6 Å². The zero-order chi connectivity index (χ0) is 14.9. The summed E-state index contributed by atoms with van der Waals surface area (Å²) in [5.41, 5.74) is 1.56. The second kappa shape index (κ2) is 5.26. The number of rotatable bonds is 4. The number of unbranched alkanes of at least 4 members (excludes halogenated alkanes) is 1. The molecule has 0 radical (unpaired) electrons. The van der Waals surface area contributed by atoms with E-state index >= 15 is 0 Å². The van der Waals surface area contributed by atoms with Gasteiger partial charge in [-0.15, -0.1) is 15.3 Å². The number of aromatic nitrogens is 4. The van der Waals surface area contributed by atoms with Gasteiger partial charge in [0.05, 0.1) is 0 Å². The first-order chi connectivity index (χ1) is 9.36. The number of halogens is 3. The summed E-state index contributed by atoms with van der Waals surface area (Å²) in [4.78, 5) is 0. The molecule has 8 heteroatoms. The van der Waals surface area contributed by atoms with Gasteiger partial charge in [-0.25, -0.2) is 0 Å². The highest BCUT2D eigenvalue weighted by molar-refractivity contribution is 5.58. The third-order valence-corrected chi connectivity index (χ3v) is 3.17. The molecule has 1 N–H and O–H groups in total. The van der Waals surface area contributed by atoms with Gasteiger partial charge < -0.3 is 5.32 Å². The van der Waals surface area contributed by atoms with Crippen molar-refractivity contribution in [2.45, 2.75) is 39.8 Å². The number of aryl methyl sites for hydroxylation is 1. The Balaban J connectivity index is 2.52. The smallest absolute Gasteiger partial charge is 0.368 e. The van der Waals surface area contributed by atoms with Crippen LogP contribution in [0.25, 0.3) is 5.65 Å². The van der Waals surface area contributed by atoms with Crippen LogP contribution in [0.1, 0.15) is 36.7 Å². The number of nitrogens with zero attached hydrogens (tertiary/aromatic N) is 4. The van der Waals surface area contributed by atoms with Crippen LogP contribution in [0.5, 0.6) is 0 Å². The minimum atomic E-state index is -4.57. The lowest BCUT2D eigenvalue weighted by Gasteiger charge is -2.12. The minimum Gasteiger partial charge on any atom is -0.368 e. The number of alkyl halides is 3. The molecule has 2 heterocycles. The molecule has 0 saturated carbocycles. The van der Waals surface area contributed by atoms with Crippen molar-refractivity contribution in [3.8, 4) is 0 Å². The van der Waals surface area contributed by atoms with Gasteiger partial charge in [-0.05, 0) is 25.8 Å². The van der Waals surface area contributed by atoms with Gasteiger partial charge in [0.15, 0.2) is 5.65 Å². The maximum atomic E-state index is 12.8. The van der Waals surface area contributed by atoms with E-state index in [-0.39, 0.29) is 5.65 Å². The van der Waals surface area contributed by atoms with Gasteiger partial charge in [-0.2, -0.15) is 17.7 Å². The molecule has 0 fully saturated rings. The SMILES string of the molecule is CCCCNc1nn2c(C(F)(F)F)nnc2c(C)c1C. The molecule has 0 bridgehead atoms. The molecule has 0 aliphatic rings. The van der Waals surface area contributed by atoms with Crippen LogP contribution in [0.4, 0.5) is 19.0 Å². The lowest BCUT2D eigenvalue weighted by molar-refractivity contribution is -0.146. The van der Waals surface area contributed by atoms with E-state index < -0.39 is 12.0 Å². The lowest BCUT2D eigenvalue weighted by Crippen LogP contribution is -2.15. The predicted molar refractivity (Wildman–Crippen MR) is 68.7 cm³/mol.